The Morgan fingerprint density at radius 3 is 2.74 bits per heavy atom. The number of ether oxygens (including phenoxy) is 2. The molecule has 0 unspecified atom stereocenters. The third kappa shape index (κ3) is 1.95. The highest BCUT2D eigenvalue weighted by Gasteiger charge is 2.08. The Morgan fingerprint density at radius 2 is 1.95 bits per heavy atom. The van der Waals surface area contributed by atoms with Crippen LogP contribution < -0.4 is 9.47 Å². The third-order valence-corrected chi connectivity index (χ3v) is 2.72. The summed E-state index contributed by atoms with van der Waals surface area (Å²) in [6.45, 7) is 0. The van der Waals surface area contributed by atoms with Gasteiger partial charge in [0.15, 0.2) is 11.5 Å². The fraction of sp³-hybridized carbons (Fsp3) is 0.167. The number of fused-ring (bicyclic) bond motifs is 1. The molecule has 0 N–H and O–H groups in total. The van der Waals surface area contributed by atoms with Gasteiger partial charge in [0.05, 0.1) is 26.1 Å². The van der Waals surface area contributed by atoms with Crippen LogP contribution in [0, 0.1) is 0 Å². The smallest absolute Gasteiger partial charge is 0.272 e. The van der Waals surface area contributed by atoms with Crippen LogP contribution in [0.2, 0.25) is 0 Å². The molecular weight excluding hydrogens is 246 g/mol. The second-order valence-electron chi connectivity index (χ2n) is 3.79. The van der Waals surface area contributed by atoms with Crippen LogP contribution in [0.1, 0.15) is 0 Å². The number of hydrogen-bond acceptors (Lipinski definition) is 6. The van der Waals surface area contributed by atoms with Crippen molar-refractivity contribution >= 4 is 5.78 Å². The van der Waals surface area contributed by atoms with Crippen molar-refractivity contribution in [1.82, 2.24) is 24.8 Å². The van der Waals surface area contributed by atoms with Crippen molar-refractivity contribution in [2.24, 2.45) is 0 Å². The van der Waals surface area contributed by atoms with E-state index in [2.05, 4.69) is 20.3 Å². The number of hydrogen-bond donors (Lipinski definition) is 0. The minimum Gasteiger partial charge on any atom is -0.493 e. The molecule has 0 amide bonds. The van der Waals surface area contributed by atoms with Crippen LogP contribution in [0.5, 0.6) is 11.5 Å². The first-order valence-electron chi connectivity index (χ1n) is 5.57. The Balaban J connectivity index is 2.09. The van der Waals surface area contributed by atoms with Crippen molar-refractivity contribution in [3.8, 4) is 22.8 Å². The fourth-order valence-corrected chi connectivity index (χ4v) is 1.77. The molecule has 1 aromatic carbocycles. The molecule has 0 radical (unpaired) electrons. The van der Waals surface area contributed by atoms with Gasteiger partial charge in [-0.3, -0.25) is 0 Å². The second-order valence-corrected chi connectivity index (χ2v) is 3.79. The molecule has 2 aromatic heterocycles. The molecule has 0 atom stereocenters. The average Bonchev–Trinajstić information content (AvgIpc) is 2.93. The van der Waals surface area contributed by atoms with E-state index in [1.165, 1.54) is 10.8 Å². The summed E-state index contributed by atoms with van der Waals surface area (Å²) in [5, 5.41) is 11.8. The maximum Gasteiger partial charge on any atom is 0.272 e. The van der Waals surface area contributed by atoms with Crippen LogP contribution in [0.15, 0.2) is 30.7 Å². The highest BCUT2D eigenvalue weighted by atomic mass is 16.5. The standard InChI is InChI=1S/C12H11N5O2/c1-18-10-4-3-8(5-11(10)19-2)9-6-14-17-7-13-16-12(17)15-9/h3-7H,1-2H3. The SMILES string of the molecule is COc1ccc(-c2cnn3cnnc3n2)cc1OC. The van der Waals surface area contributed by atoms with Gasteiger partial charge >= 0.3 is 0 Å². The number of methoxy groups -OCH3 is 2. The predicted octanol–water partition coefficient (Wildman–Crippen LogP) is 1.20. The number of rotatable bonds is 3. The molecule has 0 spiro atoms. The molecule has 0 aliphatic rings. The van der Waals surface area contributed by atoms with Gasteiger partial charge in [-0.2, -0.15) is 9.61 Å². The zero-order valence-corrected chi connectivity index (χ0v) is 10.4. The fourth-order valence-electron chi connectivity index (χ4n) is 1.77. The quantitative estimate of drug-likeness (QED) is 0.702. The summed E-state index contributed by atoms with van der Waals surface area (Å²) in [5.74, 6) is 1.76. The zero-order valence-electron chi connectivity index (χ0n) is 10.4. The van der Waals surface area contributed by atoms with Crippen molar-refractivity contribution in [2.45, 2.75) is 0 Å². The van der Waals surface area contributed by atoms with E-state index >= 15 is 0 Å². The summed E-state index contributed by atoms with van der Waals surface area (Å²) in [6.07, 6.45) is 3.15. The van der Waals surface area contributed by atoms with E-state index in [-0.39, 0.29) is 0 Å². The second kappa shape index (κ2) is 4.52. The molecule has 19 heavy (non-hydrogen) atoms. The first kappa shape index (κ1) is 11.4. The molecule has 0 fully saturated rings. The lowest BCUT2D eigenvalue weighted by atomic mass is 10.1. The van der Waals surface area contributed by atoms with Crippen LogP contribution in [-0.2, 0) is 0 Å². The van der Waals surface area contributed by atoms with Gasteiger partial charge in [0.25, 0.3) is 5.78 Å². The van der Waals surface area contributed by atoms with E-state index in [0.717, 1.165) is 5.56 Å². The topological polar surface area (TPSA) is 74.4 Å². The highest BCUT2D eigenvalue weighted by molar-refractivity contribution is 5.64. The van der Waals surface area contributed by atoms with Gasteiger partial charge < -0.3 is 9.47 Å². The van der Waals surface area contributed by atoms with Gasteiger partial charge in [-0.05, 0) is 18.2 Å². The molecule has 7 nitrogen and oxygen atoms in total. The Labute approximate surface area is 108 Å². The summed E-state index contributed by atoms with van der Waals surface area (Å²) in [6, 6.07) is 5.55. The van der Waals surface area contributed by atoms with E-state index in [1.807, 2.05) is 18.2 Å². The number of benzene rings is 1. The lowest BCUT2D eigenvalue weighted by molar-refractivity contribution is 0.355. The molecule has 0 aliphatic carbocycles. The minimum atomic E-state index is 0.451. The van der Waals surface area contributed by atoms with Crippen LogP contribution >= 0.6 is 0 Å². The summed E-state index contributed by atoms with van der Waals surface area (Å²) in [7, 11) is 3.19. The Morgan fingerprint density at radius 1 is 1.11 bits per heavy atom. The lowest BCUT2D eigenvalue weighted by Crippen LogP contribution is -1.96. The van der Waals surface area contributed by atoms with Gasteiger partial charge in [-0.25, -0.2) is 4.98 Å². The van der Waals surface area contributed by atoms with Gasteiger partial charge in [0.1, 0.15) is 6.33 Å². The molecule has 2 heterocycles. The van der Waals surface area contributed by atoms with Gasteiger partial charge in [-0.1, -0.05) is 0 Å². The molecule has 7 heteroatoms. The Bertz CT molecular complexity index is 725. The maximum atomic E-state index is 5.26. The molecule has 0 saturated heterocycles. The van der Waals surface area contributed by atoms with Crippen LogP contribution in [0.25, 0.3) is 17.0 Å². The Kier molecular flexibility index (Phi) is 2.71. The largest absolute Gasteiger partial charge is 0.493 e. The van der Waals surface area contributed by atoms with Crippen molar-refractivity contribution in [1.29, 1.82) is 0 Å². The molecule has 0 bridgehead atoms. The highest BCUT2D eigenvalue weighted by Crippen LogP contribution is 2.31. The van der Waals surface area contributed by atoms with Crippen molar-refractivity contribution < 1.29 is 9.47 Å². The van der Waals surface area contributed by atoms with E-state index in [1.54, 1.807) is 20.4 Å². The van der Waals surface area contributed by atoms with Gasteiger partial charge in [0, 0.05) is 5.56 Å². The number of nitrogens with zero attached hydrogens (tertiary/aromatic N) is 5. The lowest BCUT2D eigenvalue weighted by Gasteiger charge is -2.08. The van der Waals surface area contributed by atoms with Crippen LogP contribution in [0.4, 0.5) is 0 Å². The van der Waals surface area contributed by atoms with Gasteiger partial charge in [0.2, 0.25) is 0 Å². The van der Waals surface area contributed by atoms with Crippen molar-refractivity contribution in [2.75, 3.05) is 14.2 Å². The minimum absolute atomic E-state index is 0.451. The third-order valence-electron chi connectivity index (χ3n) is 2.72. The van der Waals surface area contributed by atoms with E-state index in [9.17, 15) is 0 Å². The predicted molar refractivity (Wildman–Crippen MR) is 67.1 cm³/mol. The number of aromatic nitrogens is 5. The van der Waals surface area contributed by atoms with E-state index in [0.29, 0.717) is 23.0 Å². The van der Waals surface area contributed by atoms with E-state index in [4.69, 9.17) is 9.47 Å². The molecular formula is C12H11N5O2. The molecule has 3 rings (SSSR count). The summed E-state index contributed by atoms with van der Waals surface area (Å²) < 4.78 is 12.0. The molecule has 0 saturated carbocycles. The van der Waals surface area contributed by atoms with E-state index < -0.39 is 0 Å². The van der Waals surface area contributed by atoms with Crippen molar-refractivity contribution in [3.05, 3.63) is 30.7 Å². The first-order chi connectivity index (χ1) is 9.31. The Hall–Kier alpha value is -2.70. The summed E-state index contributed by atoms with van der Waals surface area (Å²) in [4.78, 5) is 4.37. The van der Waals surface area contributed by atoms with Gasteiger partial charge in [-0.15, -0.1) is 10.2 Å². The summed E-state index contributed by atoms with van der Waals surface area (Å²) in [5.41, 5.74) is 1.57. The van der Waals surface area contributed by atoms with Crippen molar-refractivity contribution in [3.63, 3.8) is 0 Å². The monoisotopic (exact) mass is 257 g/mol. The molecule has 3 aromatic rings. The first-order valence-corrected chi connectivity index (χ1v) is 5.57. The van der Waals surface area contributed by atoms with Crippen LogP contribution in [-0.4, -0.2) is 39.0 Å². The zero-order chi connectivity index (χ0) is 13.2. The molecule has 0 aliphatic heterocycles. The summed E-state index contributed by atoms with van der Waals surface area (Å²) >= 11 is 0. The van der Waals surface area contributed by atoms with Crippen LogP contribution in [0.3, 0.4) is 0 Å². The molecule has 96 valence electrons. The normalized spacial score (nSPS) is 10.6. The average molecular weight is 257 g/mol. The maximum absolute atomic E-state index is 5.26.